The third-order valence-corrected chi connectivity index (χ3v) is 2.66. The van der Waals surface area contributed by atoms with Crippen LogP contribution in [0.1, 0.15) is 36.2 Å². The topological polar surface area (TPSA) is 67.4 Å². The summed E-state index contributed by atoms with van der Waals surface area (Å²) in [5.41, 5.74) is 5.34. The molecular formula is C15H19F3N2O3. The van der Waals surface area contributed by atoms with Gasteiger partial charge in [-0.3, -0.25) is 20.4 Å². The zero-order valence-electron chi connectivity index (χ0n) is 12.9. The lowest BCUT2D eigenvalue weighted by molar-refractivity contribution is -0.176. The van der Waals surface area contributed by atoms with Gasteiger partial charge in [-0.25, -0.2) is 0 Å². The van der Waals surface area contributed by atoms with E-state index in [2.05, 4.69) is 15.6 Å². The normalized spacial score (nSPS) is 11.4. The SMILES string of the molecule is CC(C)CC(=O)NNC(=O)c1ccc(COCC(F)(F)F)cc1. The number of hydrogen-bond acceptors (Lipinski definition) is 3. The number of carbonyl (C=O) groups excluding carboxylic acids is 2. The van der Waals surface area contributed by atoms with Crippen molar-refractivity contribution in [1.29, 1.82) is 0 Å². The Morgan fingerprint density at radius 1 is 1.13 bits per heavy atom. The number of alkyl halides is 3. The van der Waals surface area contributed by atoms with Crippen molar-refractivity contribution in [1.82, 2.24) is 10.9 Å². The maximum atomic E-state index is 11.9. The van der Waals surface area contributed by atoms with Gasteiger partial charge in [0.1, 0.15) is 6.61 Å². The van der Waals surface area contributed by atoms with E-state index in [1.165, 1.54) is 24.3 Å². The molecule has 0 atom stereocenters. The van der Waals surface area contributed by atoms with Crippen LogP contribution in [0.25, 0.3) is 0 Å². The van der Waals surface area contributed by atoms with Crippen molar-refractivity contribution in [3.8, 4) is 0 Å². The molecule has 2 amide bonds. The molecule has 0 spiro atoms. The molecule has 0 fully saturated rings. The van der Waals surface area contributed by atoms with E-state index >= 15 is 0 Å². The summed E-state index contributed by atoms with van der Waals surface area (Å²) in [6.07, 6.45) is -4.08. The standard InChI is InChI=1S/C15H19F3N2O3/c1-10(2)7-13(21)19-20-14(22)12-5-3-11(4-6-12)8-23-9-15(16,17)18/h3-6,10H,7-9H2,1-2H3,(H,19,21)(H,20,22). The smallest absolute Gasteiger partial charge is 0.367 e. The minimum Gasteiger partial charge on any atom is -0.367 e. The van der Waals surface area contributed by atoms with Crippen LogP contribution in [-0.4, -0.2) is 24.6 Å². The molecule has 0 aromatic heterocycles. The summed E-state index contributed by atoms with van der Waals surface area (Å²) in [5, 5.41) is 0. The number of halogens is 3. The first kappa shape index (κ1) is 19.0. The van der Waals surface area contributed by atoms with E-state index in [1.54, 1.807) is 0 Å². The Bertz CT molecular complexity index is 528. The maximum Gasteiger partial charge on any atom is 0.411 e. The number of ether oxygens (including phenoxy) is 1. The predicted molar refractivity (Wildman–Crippen MR) is 77.2 cm³/mol. The predicted octanol–water partition coefficient (Wildman–Crippen LogP) is 2.57. The summed E-state index contributed by atoms with van der Waals surface area (Å²) < 4.78 is 40.4. The molecule has 8 heteroatoms. The summed E-state index contributed by atoms with van der Waals surface area (Å²) in [5.74, 6) is -0.640. The lowest BCUT2D eigenvalue weighted by Gasteiger charge is -2.10. The van der Waals surface area contributed by atoms with Gasteiger partial charge in [0.05, 0.1) is 6.61 Å². The third-order valence-electron chi connectivity index (χ3n) is 2.66. The Labute approximate surface area is 132 Å². The molecule has 0 radical (unpaired) electrons. The highest BCUT2D eigenvalue weighted by molar-refractivity contribution is 5.95. The molecule has 0 heterocycles. The fourth-order valence-corrected chi connectivity index (χ4v) is 1.66. The molecule has 0 unspecified atom stereocenters. The second-order valence-corrected chi connectivity index (χ2v) is 5.41. The van der Waals surface area contributed by atoms with Gasteiger partial charge in [0.25, 0.3) is 5.91 Å². The number of benzene rings is 1. The van der Waals surface area contributed by atoms with Gasteiger partial charge in [-0.2, -0.15) is 13.2 Å². The van der Waals surface area contributed by atoms with E-state index in [1.807, 2.05) is 13.8 Å². The first-order valence-corrected chi connectivity index (χ1v) is 7.00. The number of rotatable bonds is 6. The molecule has 23 heavy (non-hydrogen) atoms. The Morgan fingerprint density at radius 2 is 1.74 bits per heavy atom. The van der Waals surface area contributed by atoms with Gasteiger partial charge in [0, 0.05) is 12.0 Å². The molecule has 128 valence electrons. The van der Waals surface area contributed by atoms with Crippen molar-refractivity contribution >= 4 is 11.8 Å². The van der Waals surface area contributed by atoms with E-state index in [0.29, 0.717) is 5.56 Å². The minimum atomic E-state index is -4.37. The van der Waals surface area contributed by atoms with Crippen LogP contribution in [0.4, 0.5) is 13.2 Å². The molecule has 2 N–H and O–H groups in total. The molecule has 1 aromatic rings. The zero-order chi connectivity index (χ0) is 17.5. The van der Waals surface area contributed by atoms with Gasteiger partial charge in [-0.05, 0) is 23.6 Å². The molecule has 0 bridgehead atoms. The molecule has 0 aliphatic heterocycles. The molecule has 1 rings (SSSR count). The van der Waals surface area contributed by atoms with Crippen LogP contribution >= 0.6 is 0 Å². The van der Waals surface area contributed by atoms with Gasteiger partial charge in [-0.15, -0.1) is 0 Å². The average Bonchev–Trinajstić information content (AvgIpc) is 2.43. The molecule has 5 nitrogen and oxygen atoms in total. The van der Waals surface area contributed by atoms with Crippen molar-refractivity contribution < 1.29 is 27.5 Å². The van der Waals surface area contributed by atoms with Gasteiger partial charge in [0.15, 0.2) is 0 Å². The zero-order valence-corrected chi connectivity index (χ0v) is 12.9. The largest absolute Gasteiger partial charge is 0.411 e. The number of hydrogen-bond donors (Lipinski definition) is 2. The van der Waals surface area contributed by atoms with Gasteiger partial charge in [0.2, 0.25) is 5.91 Å². The van der Waals surface area contributed by atoms with Gasteiger partial charge < -0.3 is 4.74 Å². The Balaban J connectivity index is 2.43. The molecule has 0 saturated heterocycles. The Morgan fingerprint density at radius 3 is 2.26 bits per heavy atom. The summed E-state index contributed by atoms with van der Waals surface area (Å²) in [4.78, 5) is 23.2. The van der Waals surface area contributed by atoms with Gasteiger partial charge in [-0.1, -0.05) is 26.0 Å². The van der Waals surface area contributed by atoms with Crippen LogP contribution in [0.15, 0.2) is 24.3 Å². The molecule has 0 aliphatic carbocycles. The van der Waals surface area contributed by atoms with Crippen molar-refractivity contribution in [2.75, 3.05) is 6.61 Å². The van der Waals surface area contributed by atoms with Crippen molar-refractivity contribution in [2.24, 2.45) is 5.92 Å². The average molecular weight is 332 g/mol. The number of nitrogens with one attached hydrogen (secondary N) is 2. The first-order valence-electron chi connectivity index (χ1n) is 7.00. The minimum absolute atomic E-state index is 0.169. The molecule has 0 aliphatic rings. The third kappa shape index (κ3) is 8.20. The lowest BCUT2D eigenvalue weighted by atomic mass is 10.1. The van der Waals surface area contributed by atoms with Crippen molar-refractivity contribution in [3.63, 3.8) is 0 Å². The highest BCUT2D eigenvalue weighted by atomic mass is 19.4. The second-order valence-electron chi connectivity index (χ2n) is 5.41. The van der Waals surface area contributed by atoms with E-state index in [9.17, 15) is 22.8 Å². The van der Waals surface area contributed by atoms with Crippen LogP contribution in [0.3, 0.4) is 0 Å². The van der Waals surface area contributed by atoms with Crippen LogP contribution in [0.2, 0.25) is 0 Å². The van der Waals surface area contributed by atoms with Crippen molar-refractivity contribution in [3.05, 3.63) is 35.4 Å². The summed E-state index contributed by atoms with van der Waals surface area (Å²) in [6, 6.07) is 5.86. The first-order chi connectivity index (χ1) is 10.7. The number of hydrazine groups is 1. The summed E-state index contributed by atoms with van der Waals surface area (Å²) >= 11 is 0. The maximum absolute atomic E-state index is 11.9. The van der Waals surface area contributed by atoms with E-state index in [0.717, 1.165) is 0 Å². The molecule has 1 aromatic carbocycles. The quantitative estimate of drug-likeness (QED) is 0.787. The van der Waals surface area contributed by atoms with E-state index in [-0.39, 0.29) is 30.4 Å². The Hall–Kier alpha value is -2.09. The number of carbonyl (C=O) groups is 2. The van der Waals surface area contributed by atoms with Gasteiger partial charge >= 0.3 is 6.18 Å². The molecule has 0 saturated carbocycles. The monoisotopic (exact) mass is 332 g/mol. The number of amides is 2. The van der Waals surface area contributed by atoms with Crippen LogP contribution in [0.5, 0.6) is 0 Å². The highest BCUT2D eigenvalue weighted by Gasteiger charge is 2.27. The Kier molecular flexibility index (Phi) is 7.02. The highest BCUT2D eigenvalue weighted by Crippen LogP contribution is 2.15. The van der Waals surface area contributed by atoms with E-state index in [4.69, 9.17) is 0 Å². The summed E-state index contributed by atoms with van der Waals surface area (Å²) in [6.45, 7) is 2.23. The van der Waals surface area contributed by atoms with E-state index < -0.39 is 18.7 Å². The summed E-state index contributed by atoms with van der Waals surface area (Å²) in [7, 11) is 0. The fourth-order valence-electron chi connectivity index (χ4n) is 1.66. The fraction of sp³-hybridized carbons (Fsp3) is 0.467. The lowest BCUT2D eigenvalue weighted by Crippen LogP contribution is -2.42. The van der Waals surface area contributed by atoms with Crippen molar-refractivity contribution in [2.45, 2.75) is 33.1 Å². The second kappa shape index (κ2) is 8.52. The van der Waals surface area contributed by atoms with Crippen LogP contribution < -0.4 is 10.9 Å². The van der Waals surface area contributed by atoms with Crippen LogP contribution in [0, 0.1) is 5.92 Å². The molecular weight excluding hydrogens is 313 g/mol. The van der Waals surface area contributed by atoms with Crippen LogP contribution in [-0.2, 0) is 16.1 Å².